The number of non-ortho nitro benzene ring substituents is 1. The van der Waals surface area contributed by atoms with Crippen molar-refractivity contribution in [2.45, 2.75) is 0 Å². The van der Waals surface area contributed by atoms with Crippen LogP contribution in [0.1, 0.15) is 0 Å². The van der Waals surface area contributed by atoms with Crippen LogP contribution in [0.3, 0.4) is 0 Å². The number of benzene rings is 2. The molecule has 0 fully saturated rings. The van der Waals surface area contributed by atoms with E-state index in [0.29, 0.717) is 5.39 Å². The van der Waals surface area contributed by atoms with Crippen LogP contribution in [0, 0.1) is 21.7 Å². The van der Waals surface area contributed by atoms with Crippen molar-refractivity contribution in [3.8, 4) is 0 Å². The third-order valence-corrected chi connectivity index (χ3v) is 2.75. The van der Waals surface area contributed by atoms with Gasteiger partial charge in [0.2, 0.25) is 0 Å². The van der Waals surface area contributed by atoms with E-state index in [2.05, 4.69) is 5.10 Å². The van der Waals surface area contributed by atoms with Gasteiger partial charge in [0, 0.05) is 19.2 Å². The minimum Gasteiger partial charge on any atom is -0.268 e. The molecule has 21 heavy (non-hydrogen) atoms. The van der Waals surface area contributed by atoms with Gasteiger partial charge >= 0.3 is 0 Å². The third-order valence-electron chi connectivity index (χ3n) is 2.75. The standard InChI is InChI=1S/C8H7N3O2.C6H4F2/c1-10-7-3-2-4-8(11(12)13)6(7)5-9-10;7-5-2-1-3-6(8)4-5/h2-5H,1H3;1-4H. The highest BCUT2D eigenvalue weighted by Crippen LogP contribution is 2.23. The Labute approximate surface area is 118 Å². The Kier molecular flexibility index (Phi) is 4.22. The summed E-state index contributed by atoms with van der Waals surface area (Å²) in [4.78, 5) is 10.2. The van der Waals surface area contributed by atoms with Gasteiger partial charge in [-0.15, -0.1) is 0 Å². The van der Waals surface area contributed by atoms with Gasteiger partial charge in [0.25, 0.3) is 5.69 Å². The first-order valence-corrected chi connectivity index (χ1v) is 5.95. The van der Waals surface area contributed by atoms with Gasteiger partial charge in [-0.2, -0.15) is 5.10 Å². The number of hydrogen-bond donors (Lipinski definition) is 0. The molecule has 2 aromatic carbocycles. The summed E-state index contributed by atoms with van der Waals surface area (Å²) in [5.41, 5.74) is 0.875. The van der Waals surface area contributed by atoms with Crippen LogP contribution in [0.4, 0.5) is 14.5 Å². The minimum absolute atomic E-state index is 0.102. The molecule has 108 valence electrons. The molecule has 1 heterocycles. The molecule has 0 aliphatic carbocycles. The van der Waals surface area contributed by atoms with E-state index in [4.69, 9.17) is 0 Å². The fourth-order valence-corrected chi connectivity index (χ4v) is 1.78. The van der Waals surface area contributed by atoms with Crippen LogP contribution in [0.15, 0.2) is 48.7 Å². The van der Waals surface area contributed by atoms with E-state index in [1.165, 1.54) is 30.5 Å². The first-order chi connectivity index (χ1) is 9.99. The maximum atomic E-state index is 11.9. The lowest BCUT2D eigenvalue weighted by Crippen LogP contribution is -1.90. The number of halogens is 2. The summed E-state index contributed by atoms with van der Waals surface area (Å²) >= 11 is 0. The molecule has 7 heteroatoms. The van der Waals surface area contributed by atoms with Gasteiger partial charge in [-0.05, 0) is 18.2 Å². The van der Waals surface area contributed by atoms with Crippen molar-refractivity contribution in [3.05, 3.63) is 70.4 Å². The van der Waals surface area contributed by atoms with Crippen LogP contribution in [0.5, 0.6) is 0 Å². The highest BCUT2D eigenvalue weighted by molar-refractivity contribution is 5.87. The Morgan fingerprint density at radius 3 is 2.29 bits per heavy atom. The minimum atomic E-state index is -0.537. The molecular weight excluding hydrogens is 280 g/mol. The summed E-state index contributed by atoms with van der Waals surface area (Å²) in [5, 5.41) is 15.1. The van der Waals surface area contributed by atoms with Gasteiger partial charge in [-0.3, -0.25) is 14.8 Å². The van der Waals surface area contributed by atoms with E-state index >= 15 is 0 Å². The normalized spacial score (nSPS) is 10.0. The second kappa shape index (κ2) is 6.08. The zero-order valence-corrected chi connectivity index (χ0v) is 11.0. The summed E-state index contributed by atoms with van der Waals surface area (Å²) in [6.45, 7) is 0. The lowest BCUT2D eigenvalue weighted by atomic mass is 10.2. The molecule has 0 bridgehead atoms. The Hall–Kier alpha value is -2.83. The first kappa shape index (κ1) is 14.6. The molecule has 3 rings (SSSR count). The van der Waals surface area contributed by atoms with Crippen LogP contribution in [-0.2, 0) is 7.05 Å². The molecule has 0 atom stereocenters. The molecule has 0 radical (unpaired) electrons. The molecule has 0 saturated carbocycles. The Morgan fingerprint density at radius 2 is 1.76 bits per heavy atom. The average Bonchev–Trinajstić information content (AvgIpc) is 2.81. The topological polar surface area (TPSA) is 61.0 Å². The van der Waals surface area contributed by atoms with Crippen LogP contribution in [0.25, 0.3) is 10.9 Å². The van der Waals surface area contributed by atoms with Crippen LogP contribution >= 0.6 is 0 Å². The molecule has 0 amide bonds. The summed E-state index contributed by atoms with van der Waals surface area (Å²) < 4.78 is 25.5. The van der Waals surface area contributed by atoms with Crippen molar-refractivity contribution in [1.29, 1.82) is 0 Å². The van der Waals surface area contributed by atoms with Crippen LogP contribution in [-0.4, -0.2) is 14.7 Å². The molecule has 0 N–H and O–H groups in total. The molecule has 5 nitrogen and oxygen atoms in total. The predicted octanol–water partition coefficient (Wildman–Crippen LogP) is 3.45. The van der Waals surface area contributed by atoms with Gasteiger partial charge in [0.05, 0.1) is 22.0 Å². The number of aromatic nitrogens is 2. The summed E-state index contributed by atoms with van der Waals surface area (Å²) in [5.74, 6) is -1.07. The van der Waals surface area contributed by atoms with Crippen molar-refractivity contribution < 1.29 is 13.7 Å². The Balaban J connectivity index is 0.000000173. The predicted molar refractivity (Wildman–Crippen MR) is 73.7 cm³/mol. The summed E-state index contributed by atoms with van der Waals surface area (Å²) in [6, 6.07) is 9.48. The van der Waals surface area contributed by atoms with Crippen molar-refractivity contribution in [2.75, 3.05) is 0 Å². The van der Waals surface area contributed by atoms with Crippen molar-refractivity contribution in [1.82, 2.24) is 9.78 Å². The van der Waals surface area contributed by atoms with Gasteiger partial charge in [0.1, 0.15) is 11.6 Å². The average molecular weight is 291 g/mol. The highest BCUT2D eigenvalue weighted by Gasteiger charge is 2.12. The number of nitro groups is 1. The van der Waals surface area contributed by atoms with Crippen LogP contribution < -0.4 is 0 Å². The molecule has 0 unspecified atom stereocenters. The number of nitro benzene ring substituents is 1. The lowest BCUT2D eigenvalue weighted by Gasteiger charge is -1.94. The monoisotopic (exact) mass is 291 g/mol. The molecule has 0 saturated heterocycles. The maximum absolute atomic E-state index is 11.9. The van der Waals surface area contributed by atoms with E-state index in [0.717, 1.165) is 11.6 Å². The molecule has 3 aromatic rings. The highest BCUT2D eigenvalue weighted by atomic mass is 19.1. The summed E-state index contributed by atoms with van der Waals surface area (Å²) in [6.07, 6.45) is 1.51. The second-order valence-corrected chi connectivity index (χ2v) is 4.18. The first-order valence-electron chi connectivity index (χ1n) is 5.95. The number of fused-ring (bicyclic) bond motifs is 1. The van der Waals surface area contributed by atoms with E-state index < -0.39 is 16.6 Å². The van der Waals surface area contributed by atoms with E-state index in [-0.39, 0.29) is 5.69 Å². The zero-order chi connectivity index (χ0) is 15.4. The molecular formula is C14H11F2N3O2. The Bertz CT molecular complexity index is 769. The summed E-state index contributed by atoms with van der Waals surface area (Å²) in [7, 11) is 1.76. The van der Waals surface area contributed by atoms with E-state index in [9.17, 15) is 18.9 Å². The number of nitrogens with zero attached hydrogens (tertiary/aromatic N) is 3. The number of aryl methyl sites for hydroxylation is 1. The second-order valence-electron chi connectivity index (χ2n) is 4.18. The van der Waals surface area contributed by atoms with Gasteiger partial charge < -0.3 is 0 Å². The van der Waals surface area contributed by atoms with Gasteiger partial charge in [-0.1, -0.05) is 12.1 Å². The van der Waals surface area contributed by atoms with E-state index in [1.807, 2.05) is 0 Å². The third kappa shape index (κ3) is 3.38. The molecule has 1 aromatic heterocycles. The largest absolute Gasteiger partial charge is 0.280 e. The smallest absolute Gasteiger partial charge is 0.268 e. The molecule has 0 aliphatic heterocycles. The SMILES string of the molecule is Cn1ncc2c([N+](=O)[O-])cccc21.Fc1cccc(F)c1. The van der Waals surface area contributed by atoms with Gasteiger partial charge in [-0.25, -0.2) is 8.78 Å². The van der Waals surface area contributed by atoms with Crippen molar-refractivity contribution in [3.63, 3.8) is 0 Å². The van der Waals surface area contributed by atoms with Crippen molar-refractivity contribution in [2.24, 2.45) is 7.05 Å². The Morgan fingerprint density at radius 1 is 1.14 bits per heavy atom. The maximum Gasteiger partial charge on any atom is 0.280 e. The lowest BCUT2D eigenvalue weighted by molar-refractivity contribution is -0.383. The zero-order valence-electron chi connectivity index (χ0n) is 11.0. The fraction of sp³-hybridized carbons (Fsp3) is 0.0714. The number of rotatable bonds is 1. The van der Waals surface area contributed by atoms with Crippen LogP contribution in [0.2, 0.25) is 0 Å². The van der Waals surface area contributed by atoms with Crippen molar-refractivity contribution >= 4 is 16.6 Å². The fourth-order valence-electron chi connectivity index (χ4n) is 1.78. The quantitative estimate of drug-likeness (QED) is 0.509. The molecule has 0 aliphatic rings. The van der Waals surface area contributed by atoms with Gasteiger partial charge in [0.15, 0.2) is 0 Å². The van der Waals surface area contributed by atoms with E-state index in [1.54, 1.807) is 23.9 Å². The number of hydrogen-bond acceptors (Lipinski definition) is 3. The molecule has 0 spiro atoms.